The molecule has 0 aliphatic heterocycles. The average molecular weight is 265 g/mol. The summed E-state index contributed by atoms with van der Waals surface area (Å²) in [5.74, 6) is 5.63. The van der Waals surface area contributed by atoms with Gasteiger partial charge in [0.15, 0.2) is 0 Å². The van der Waals surface area contributed by atoms with Crippen LogP contribution in [0.4, 0.5) is 4.39 Å². The summed E-state index contributed by atoms with van der Waals surface area (Å²) in [4.78, 5) is 0. The average Bonchev–Trinajstić information content (AvgIpc) is 2.32. The molecule has 2 N–H and O–H groups in total. The fourth-order valence-corrected chi connectivity index (χ4v) is 1.36. The maximum Gasteiger partial charge on any atom is 0.137 e. The fourth-order valence-electron chi connectivity index (χ4n) is 1.36. The predicted molar refractivity (Wildman–Crippen MR) is 73.5 cm³/mol. The first-order valence-corrected chi connectivity index (χ1v) is 6.17. The second kappa shape index (κ2) is 7.13. The summed E-state index contributed by atoms with van der Waals surface area (Å²) < 4.78 is 24.2. The molecule has 1 aromatic rings. The Kier molecular flexibility index (Phi) is 5.81. The first-order valence-electron chi connectivity index (χ1n) is 6.17. The number of nitrogens with two attached hydrogens (primary N) is 1. The van der Waals surface area contributed by atoms with E-state index < -0.39 is 0 Å². The molecule has 0 saturated heterocycles. The third-order valence-electron chi connectivity index (χ3n) is 2.14. The number of hydrogen-bond acceptors (Lipinski definition) is 3. The van der Waals surface area contributed by atoms with Gasteiger partial charge in [0.25, 0.3) is 0 Å². The van der Waals surface area contributed by atoms with Gasteiger partial charge >= 0.3 is 0 Å². The number of hydrogen-bond donors (Lipinski definition) is 1. The van der Waals surface area contributed by atoms with Gasteiger partial charge in [0.05, 0.1) is 24.3 Å². The van der Waals surface area contributed by atoms with Crippen molar-refractivity contribution in [1.82, 2.24) is 0 Å². The highest BCUT2D eigenvalue weighted by atomic mass is 19.1. The normalized spacial score (nSPS) is 10.8. The van der Waals surface area contributed by atoms with Gasteiger partial charge in [0, 0.05) is 6.07 Å². The second-order valence-electron chi connectivity index (χ2n) is 4.96. The van der Waals surface area contributed by atoms with Crippen molar-refractivity contribution in [3.63, 3.8) is 0 Å². The maximum atomic E-state index is 13.2. The molecule has 0 aromatic heterocycles. The summed E-state index contributed by atoms with van der Waals surface area (Å²) in [6, 6.07) is 4.24. The monoisotopic (exact) mass is 265 g/mol. The van der Waals surface area contributed by atoms with Gasteiger partial charge < -0.3 is 15.2 Å². The van der Waals surface area contributed by atoms with Crippen LogP contribution in [0.1, 0.15) is 26.3 Å². The van der Waals surface area contributed by atoms with E-state index in [-0.39, 0.29) is 18.0 Å². The molecule has 0 saturated carbocycles. The van der Waals surface area contributed by atoms with Crippen molar-refractivity contribution in [1.29, 1.82) is 0 Å². The SMILES string of the molecule is CC(C)(C)OCCOc1cc(F)ccc1C#CCN. The topological polar surface area (TPSA) is 44.5 Å². The Balaban J connectivity index is 2.63. The van der Waals surface area contributed by atoms with Crippen LogP contribution in [0, 0.1) is 17.7 Å². The third-order valence-corrected chi connectivity index (χ3v) is 2.14. The van der Waals surface area contributed by atoms with Crippen molar-refractivity contribution < 1.29 is 13.9 Å². The van der Waals surface area contributed by atoms with Gasteiger partial charge in [-0.1, -0.05) is 11.8 Å². The van der Waals surface area contributed by atoms with E-state index in [1.165, 1.54) is 12.1 Å². The molecule has 1 rings (SSSR count). The first-order chi connectivity index (χ1) is 8.92. The van der Waals surface area contributed by atoms with Crippen LogP contribution in [0.5, 0.6) is 5.75 Å². The highest BCUT2D eigenvalue weighted by molar-refractivity contribution is 5.46. The Morgan fingerprint density at radius 1 is 1.26 bits per heavy atom. The molecule has 1 aromatic carbocycles. The largest absolute Gasteiger partial charge is 0.490 e. The van der Waals surface area contributed by atoms with Gasteiger partial charge in [-0.2, -0.15) is 0 Å². The van der Waals surface area contributed by atoms with Gasteiger partial charge in [-0.15, -0.1) is 0 Å². The number of halogens is 1. The molecule has 0 bridgehead atoms. The molecule has 0 spiro atoms. The fraction of sp³-hybridized carbons (Fsp3) is 0.467. The zero-order valence-electron chi connectivity index (χ0n) is 11.6. The molecule has 0 heterocycles. The summed E-state index contributed by atoms with van der Waals surface area (Å²) in [7, 11) is 0. The third kappa shape index (κ3) is 6.23. The van der Waals surface area contributed by atoms with Crippen molar-refractivity contribution in [2.45, 2.75) is 26.4 Å². The highest BCUT2D eigenvalue weighted by Gasteiger charge is 2.10. The number of benzene rings is 1. The zero-order valence-corrected chi connectivity index (χ0v) is 11.6. The minimum Gasteiger partial charge on any atom is -0.490 e. The van der Waals surface area contributed by atoms with Crippen molar-refractivity contribution in [3.05, 3.63) is 29.6 Å². The van der Waals surface area contributed by atoms with Crippen LogP contribution in [0.2, 0.25) is 0 Å². The Morgan fingerprint density at radius 3 is 2.63 bits per heavy atom. The molecule has 0 aliphatic rings. The van der Waals surface area contributed by atoms with Gasteiger partial charge in [-0.3, -0.25) is 0 Å². The van der Waals surface area contributed by atoms with Crippen LogP contribution in [0.25, 0.3) is 0 Å². The molecular weight excluding hydrogens is 245 g/mol. The molecule has 0 atom stereocenters. The Labute approximate surface area is 113 Å². The Hall–Kier alpha value is -1.57. The molecule has 0 amide bonds. The minimum absolute atomic E-state index is 0.215. The molecule has 0 radical (unpaired) electrons. The quantitative estimate of drug-likeness (QED) is 0.671. The molecule has 0 fully saturated rings. The maximum absolute atomic E-state index is 13.2. The predicted octanol–water partition coefficient (Wildman–Crippen LogP) is 2.33. The van der Waals surface area contributed by atoms with Crippen molar-refractivity contribution in [2.75, 3.05) is 19.8 Å². The van der Waals surface area contributed by atoms with E-state index in [1.54, 1.807) is 6.07 Å². The van der Waals surface area contributed by atoms with E-state index in [0.717, 1.165) is 0 Å². The zero-order chi connectivity index (χ0) is 14.3. The summed E-state index contributed by atoms with van der Waals surface area (Å²) in [5.41, 5.74) is 5.73. The molecule has 3 nitrogen and oxygen atoms in total. The first kappa shape index (κ1) is 15.5. The van der Waals surface area contributed by atoms with Gasteiger partial charge in [0.1, 0.15) is 18.2 Å². The van der Waals surface area contributed by atoms with E-state index >= 15 is 0 Å². The van der Waals surface area contributed by atoms with Crippen LogP contribution in [0.15, 0.2) is 18.2 Å². The molecule has 0 aliphatic carbocycles. The van der Waals surface area contributed by atoms with E-state index in [1.807, 2.05) is 20.8 Å². The molecular formula is C15H20FNO2. The van der Waals surface area contributed by atoms with Gasteiger partial charge in [-0.25, -0.2) is 4.39 Å². The van der Waals surface area contributed by atoms with E-state index in [2.05, 4.69) is 11.8 Å². The minimum atomic E-state index is -0.356. The van der Waals surface area contributed by atoms with Crippen LogP contribution in [0.3, 0.4) is 0 Å². The highest BCUT2D eigenvalue weighted by Crippen LogP contribution is 2.19. The summed E-state index contributed by atoms with van der Waals surface area (Å²) in [6.07, 6.45) is 0. The summed E-state index contributed by atoms with van der Waals surface area (Å²) in [5, 5.41) is 0. The summed E-state index contributed by atoms with van der Waals surface area (Å²) in [6.45, 7) is 6.93. The van der Waals surface area contributed by atoms with Crippen molar-refractivity contribution in [2.24, 2.45) is 5.73 Å². The van der Waals surface area contributed by atoms with Crippen LogP contribution >= 0.6 is 0 Å². The van der Waals surface area contributed by atoms with E-state index in [0.29, 0.717) is 24.5 Å². The van der Waals surface area contributed by atoms with Crippen LogP contribution < -0.4 is 10.5 Å². The molecule has 4 heteroatoms. The lowest BCUT2D eigenvalue weighted by molar-refractivity contribution is -0.0163. The lowest BCUT2D eigenvalue weighted by Crippen LogP contribution is -2.22. The smallest absolute Gasteiger partial charge is 0.137 e. The lowest BCUT2D eigenvalue weighted by atomic mass is 10.2. The molecule has 19 heavy (non-hydrogen) atoms. The Morgan fingerprint density at radius 2 is 2.00 bits per heavy atom. The Bertz CT molecular complexity index is 469. The number of rotatable bonds is 4. The van der Waals surface area contributed by atoms with Crippen molar-refractivity contribution in [3.8, 4) is 17.6 Å². The lowest BCUT2D eigenvalue weighted by Gasteiger charge is -2.19. The number of ether oxygens (including phenoxy) is 2. The standard InChI is InChI=1S/C15H20FNO2/c1-15(2,3)19-10-9-18-14-11-13(16)7-6-12(14)5-4-8-17/h6-7,11H,8-10,17H2,1-3H3. The van der Waals surface area contributed by atoms with Gasteiger partial charge in [-0.05, 0) is 32.9 Å². The molecule has 0 unspecified atom stereocenters. The van der Waals surface area contributed by atoms with E-state index in [4.69, 9.17) is 15.2 Å². The van der Waals surface area contributed by atoms with E-state index in [9.17, 15) is 4.39 Å². The summed E-state index contributed by atoms with van der Waals surface area (Å²) >= 11 is 0. The van der Waals surface area contributed by atoms with Crippen molar-refractivity contribution >= 4 is 0 Å². The van der Waals surface area contributed by atoms with Crippen LogP contribution in [-0.4, -0.2) is 25.4 Å². The molecule has 104 valence electrons. The second-order valence-corrected chi connectivity index (χ2v) is 4.96. The van der Waals surface area contributed by atoms with Gasteiger partial charge in [0.2, 0.25) is 0 Å². The van der Waals surface area contributed by atoms with Crippen LogP contribution in [-0.2, 0) is 4.74 Å².